The molecule has 0 aliphatic carbocycles. The summed E-state index contributed by atoms with van der Waals surface area (Å²) in [7, 11) is -3.56. The van der Waals surface area contributed by atoms with Gasteiger partial charge in [-0.3, -0.25) is 4.79 Å². The van der Waals surface area contributed by atoms with Gasteiger partial charge in [-0.25, -0.2) is 8.78 Å². The molecule has 1 amide bonds. The van der Waals surface area contributed by atoms with Crippen LogP contribution in [0.25, 0.3) is 0 Å². The van der Waals surface area contributed by atoms with Crippen molar-refractivity contribution in [3.8, 4) is 0 Å². The lowest BCUT2D eigenvalue weighted by Gasteiger charge is -2.36. The van der Waals surface area contributed by atoms with Crippen molar-refractivity contribution >= 4 is 16.1 Å². The summed E-state index contributed by atoms with van der Waals surface area (Å²) in [5.74, 6) is -2.56. The Kier molecular flexibility index (Phi) is 5.89. The van der Waals surface area contributed by atoms with Crippen LogP contribution in [0.15, 0.2) is 18.2 Å². The van der Waals surface area contributed by atoms with Crippen molar-refractivity contribution in [2.75, 3.05) is 39.3 Å². The number of nitrogens with zero attached hydrogens (tertiary/aromatic N) is 3. The molecular formula is C17H23F2N3O3S. The molecule has 0 radical (unpaired) electrons. The van der Waals surface area contributed by atoms with Gasteiger partial charge < -0.3 is 4.90 Å². The van der Waals surface area contributed by atoms with Crippen LogP contribution in [0.2, 0.25) is 0 Å². The van der Waals surface area contributed by atoms with E-state index in [9.17, 15) is 22.0 Å². The van der Waals surface area contributed by atoms with E-state index < -0.39 is 33.3 Å². The van der Waals surface area contributed by atoms with Crippen LogP contribution in [0.5, 0.6) is 0 Å². The zero-order valence-electron chi connectivity index (χ0n) is 14.5. The maximum Gasteiger partial charge on any atom is 0.282 e. The van der Waals surface area contributed by atoms with Gasteiger partial charge in [0.15, 0.2) is 0 Å². The molecule has 2 fully saturated rings. The Morgan fingerprint density at radius 3 is 1.85 bits per heavy atom. The first-order valence-electron chi connectivity index (χ1n) is 8.90. The van der Waals surface area contributed by atoms with E-state index in [1.54, 1.807) is 0 Å². The molecule has 26 heavy (non-hydrogen) atoms. The monoisotopic (exact) mass is 387 g/mol. The van der Waals surface area contributed by atoms with Crippen molar-refractivity contribution in [3.05, 3.63) is 35.4 Å². The van der Waals surface area contributed by atoms with Gasteiger partial charge >= 0.3 is 0 Å². The molecule has 2 saturated heterocycles. The molecule has 3 rings (SSSR count). The van der Waals surface area contributed by atoms with Crippen LogP contribution >= 0.6 is 0 Å². The molecule has 144 valence electrons. The zero-order chi connectivity index (χ0) is 18.7. The van der Waals surface area contributed by atoms with Crippen LogP contribution in [0, 0.1) is 11.6 Å². The van der Waals surface area contributed by atoms with Gasteiger partial charge in [-0.2, -0.15) is 17.0 Å². The molecule has 6 nitrogen and oxygen atoms in total. The molecule has 2 aliphatic heterocycles. The first kappa shape index (κ1) is 19.2. The van der Waals surface area contributed by atoms with Gasteiger partial charge in [-0.05, 0) is 25.0 Å². The highest BCUT2D eigenvalue weighted by molar-refractivity contribution is 7.86. The molecule has 0 atom stereocenters. The minimum absolute atomic E-state index is 0.111. The Hall–Kier alpha value is -1.58. The molecule has 1 aromatic rings. The molecule has 0 saturated carbocycles. The van der Waals surface area contributed by atoms with Crippen LogP contribution in [-0.4, -0.2) is 67.1 Å². The average molecular weight is 387 g/mol. The van der Waals surface area contributed by atoms with Gasteiger partial charge in [0.25, 0.3) is 16.1 Å². The third-order valence-corrected chi connectivity index (χ3v) is 6.96. The largest absolute Gasteiger partial charge is 0.336 e. The van der Waals surface area contributed by atoms with Crippen molar-refractivity contribution < 1.29 is 22.0 Å². The molecule has 9 heteroatoms. The first-order chi connectivity index (χ1) is 12.4. The highest BCUT2D eigenvalue weighted by Crippen LogP contribution is 2.20. The predicted molar refractivity (Wildman–Crippen MR) is 92.8 cm³/mol. The second kappa shape index (κ2) is 7.98. The number of hydrogen-bond acceptors (Lipinski definition) is 3. The molecular weight excluding hydrogens is 364 g/mol. The van der Waals surface area contributed by atoms with Crippen molar-refractivity contribution in [1.82, 2.24) is 13.5 Å². The van der Waals surface area contributed by atoms with Gasteiger partial charge in [0.1, 0.15) is 17.2 Å². The Balaban J connectivity index is 1.66. The molecule has 0 N–H and O–H groups in total. The van der Waals surface area contributed by atoms with Crippen molar-refractivity contribution in [2.45, 2.75) is 25.7 Å². The van der Waals surface area contributed by atoms with E-state index in [1.165, 1.54) is 19.6 Å². The van der Waals surface area contributed by atoms with E-state index in [1.807, 2.05) is 0 Å². The second-order valence-corrected chi connectivity index (χ2v) is 8.54. The maximum atomic E-state index is 13.8. The summed E-state index contributed by atoms with van der Waals surface area (Å²) in [6.07, 6.45) is 3.76. The van der Waals surface area contributed by atoms with Gasteiger partial charge in [0.2, 0.25) is 0 Å². The maximum absolute atomic E-state index is 13.8. The highest BCUT2D eigenvalue weighted by atomic mass is 32.2. The fourth-order valence-corrected chi connectivity index (χ4v) is 5.09. The summed E-state index contributed by atoms with van der Waals surface area (Å²) in [5.41, 5.74) is -0.587. The lowest BCUT2D eigenvalue weighted by molar-refractivity contribution is 0.0684. The number of piperazine rings is 1. The van der Waals surface area contributed by atoms with E-state index in [4.69, 9.17) is 0 Å². The molecule has 2 aliphatic rings. The zero-order valence-corrected chi connectivity index (χ0v) is 15.4. The lowest BCUT2D eigenvalue weighted by atomic mass is 10.1. The second-order valence-electron chi connectivity index (χ2n) is 6.61. The van der Waals surface area contributed by atoms with Crippen molar-refractivity contribution in [1.29, 1.82) is 0 Å². The molecule has 1 aromatic carbocycles. The smallest absolute Gasteiger partial charge is 0.282 e. The van der Waals surface area contributed by atoms with Crippen molar-refractivity contribution in [2.24, 2.45) is 0 Å². The molecule has 2 heterocycles. The van der Waals surface area contributed by atoms with Crippen LogP contribution in [0.3, 0.4) is 0 Å². The normalized spacial score (nSPS) is 20.8. The number of carbonyl (C=O) groups excluding carboxylic acids is 1. The lowest BCUT2D eigenvalue weighted by Crippen LogP contribution is -2.54. The Morgan fingerprint density at radius 2 is 1.31 bits per heavy atom. The number of hydrogen-bond donors (Lipinski definition) is 0. The van der Waals surface area contributed by atoms with Gasteiger partial charge in [-0.1, -0.05) is 18.9 Å². The predicted octanol–water partition coefficient (Wildman–Crippen LogP) is 1.84. The van der Waals surface area contributed by atoms with Crippen LogP contribution in [-0.2, 0) is 10.2 Å². The number of benzene rings is 1. The quantitative estimate of drug-likeness (QED) is 0.795. The summed E-state index contributed by atoms with van der Waals surface area (Å²) in [6.45, 7) is 1.50. The number of amides is 1. The van der Waals surface area contributed by atoms with E-state index in [-0.39, 0.29) is 26.2 Å². The fourth-order valence-electron chi connectivity index (χ4n) is 3.42. The summed E-state index contributed by atoms with van der Waals surface area (Å²) in [4.78, 5) is 13.7. The third-order valence-electron chi connectivity index (χ3n) is 4.92. The number of halogens is 2. The number of carbonyl (C=O) groups is 1. The van der Waals surface area contributed by atoms with E-state index in [0.717, 1.165) is 37.8 Å². The van der Waals surface area contributed by atoms with Gasteiger partial charge in [-0.15, -0.1) is 0 Å². The minimum Gasteiger partial charge on any atom is -0.336 e. The first-order valence-corrected chi connectivity index (χ1v) is 10.3. The van der Waals surface area contributed by atoms with Crippen LogP contribution < -0.4 is 0 Å². The van der Waals surface area contributed by atoms with Crippen LogP contribution in [0.4, 0.5) is 8.78 Å². The standard InChI is InChI=1S/C17H23F2N3O3S/c18-14-6-5-7-15(19)16(14)17(23)20-10-12-22(13-11-20)26(24,25)21-8-3-1-2-4-9-21/h5-7H,1-4,8-13H2. The summed E-state index contributed by atoms with van der Waals surface area (Å²) in [6, 6.07) is 3.28. The SMILES string of the molecule is O=C(c1c(F)cccc1F)N1CCN(S(=O)(=O)N2CCCCCC2)CC1. The Labute approximate surface area is 152 Å². The minimum atomic E-state index is -3.56. The third kappa shape index (κ3) is 3.89. The molecule has 0 aromatic heterocycles. The Morgan fingerprint density at radius 1 is 0.808 bits per heavy atom. The molecule has 0 unspecified atom stereocenters. The van der Waals surface area contributed by atoms with Gasteiger partial charge in [0.05, 0.1) is 0 Å². The van der Waals surface area contributed by atoms with E-state index in [0.29, 0.717) is 13.1 Å². The van der Waals surface area contributed by atoms with E-state index >= 15 is 0 Å². The fraction of sp³-hybridized carbons (Fsp3) is 0.588. The average Bonchev–Trinajstić information content (AvgIpc) is 2.91. The number of rotatable bonds is 3. The van der Waals surface area contributed by atoms with Crippen molar-refractivity contribution in [3.63, 3.8) is 0 Å². The Bertz CT molecular complexity index is 736. The van der Waals surface area contributed by atoms with E-state index in [2.05, 4.69) is 0 Å². The summed E-state index contributed by atoms with van der Waals surface area (Å²) in [5, 5.41) is 0. The molecule has 0 spiro atoms. The summed E-state index contributed by atoms with van der Waals surface area (Å²) >= 11 is 0. The highest BCUT2D eigenvalue weighted by Gasteiger charge is 2.34. The topological polar surface area (TPSA) is 60.9 Å². The van der Waals surface area contributed by atoms with Gasteiger partial charge in [0, 0.05) is 39.3 Å². The molecule has 0 bridgehead atoms. The summed E-state index contributed by atoms with van der Waals surface area (Å²) < 4.78 is 56.0. The van der Waals surface area contributed by atoms with Crippen LogP contribution in [0.1, 0.15) is 36.0 Å².